The molecule has 2 amide bonds. The quantitative estimate of drug-likeness (QED) is 0.643. The summed E-state index contributed by atoms with van der Waals surface area (Å²) in [6.07, 6.45) is 2.05. The number of carbonyl (C=O) groups is 2. The molecule has 2 aliphatic heterocycles. The first-order valence-corrected chi connectivity index (χ1v) is 10.8. The minimum atomic E-state index is -0.495. The van der Waals surface area contributed by atoms with Crippen molar-refractivity contribution in [3.05, 3.63) is 23.8 Å². The van der Waals surface area contributed by atoms with Crippen LogP contribution in [0.5, 0.6) is 0 Å². The van der Waals surface area contributed by atoms with Gasteiger partial charge in [-0.15, -0.1) is 0 Å². The third-order valence-corrected chi connectivity index (χ3v) is 5.72. The molecule has 1 atom stereocenters. The van der Waals surface area contributed by atoms with E-state index in [4.69, 9.17) is 16.2 Å². The average molecular weight is 418 g/mol. The molecule has 2 saturated heterocycles. The summed E-state index contributed by atoms with van der Waals surface area (Å²) in [5, 5.41) is 3.50. The molecule has 0 spiro atoms. The van der Waals surface area contributed by atoms with E-state index in [0.29, 0.717) is 13.1 Å². The first kappa shape index (κ1) is 22.2. The summed E-state index contributed by atoms with van der Waals surface area (Å²) in [5.74, 6) is -0.259. The van der Waals surface area contributed by atoms with Gasteiger partial charge in [-0.25, -0.2) is 4.79 Å². The van der Waals surface area contributed by atoms with Crippen LogP contribution in [0.1, 0.15) is 39.2 Å². The molecule has 2 fully saturated rings. The predicted octanol–water partition coefficient (Wildman–Crippen LogP) is 1.72. The van der Waals surface area contributed by atoms with Gasteiger partial charge in [0.1, 0.15) is 5.60 Å². The van der Waals surface area contributed by atoms with Crippen LogP contribution in [-0.2, 0) is 16.0 Å². The smallest absolute Gasteiger partial charge is 0.410 e. The summed E-state index contributed by atoms with van der Waals surface area (Å²) in [6, 6.07) is 6.28. The number of rotatable bonds is 4. The van der Waals surface area contributed by atoms with Gasteiger partial charge in [0.05, 0.1) is 11.4 Å². The third-order valence-electron chi connectivity index (χ3n) is 5.72. The van der Waals surface area contributed by atoms with Gasteiger partial charge in [-0.3, -0.25) is 4.79 Å². The van der Waals surface area contributed by atoms with Crippen molar-refractivity contribution in [2.75, 3.05) is 43.4 Å². The number of nitrogens with zero attached hydrogens (tertiary/aromatic N) is 2. The Morgan fingerprint density at radius 2 is 1.90 bits per heavy atom. The summed E-state index contributed by atoms with van der Waals surface area (Å²) in [7, 11) is 0. The molecule has 0 bridgehead atoms. The molecular formula is C22H35N5O3. The molecule has 2 aliphatic rings. The highest BCUT2D eigenvalue weighted by molar-refractivity contribution is 5.77. The number of benzene rings is 1. The summed E-state index contributed by atoms with van der Waals surface area (Å²) in [5.41, 5.74) is 14.1. The van der Waals surface area contributed by atoms with Crippen LogP contribution < -0.4 is 21.7 Å². The van der Waals surface area contributed by atoms with Crippen molar-refractivity contribution in [2.45, 2.75) is 51.7 Å². The molecule has 8 heteroatoms. The Kier molecular flexibility index (Phi) is 6.75. The van der Waals surface area contributed by atoms with E-state index in [-0.39, 0.29) is 24.0 Å². The molecular weight excluding hydrogens is 382 g/mol. The lowest BCUT2D eigenvalue weighted by atomic mass is 9.95. The van der Waals surface area contributed by atoms with Gasteiger partial charge >= 0.3 is 6.09 Å². The van der Waals surface area contributed by atoms with Gasteiger partial charge in [0.25, 0.3) is 0 Å². The average Bonchev–Trinajstić information content (AvgIpc) is 2.68. The number of hydrogen-bond acceptors (Lipinski definition) is 6. The molecule has 0 aromatic heterocycles. The van der Waals surface area contributed by atoms with E-state index in [1.807, 2.05) is 32.9 Å². The Balaban J connectivity index is 1.62. The first-order valence-electron chi connectivity index (χ1n) is 10.8. The van der Waals surface area contributed by atoms with Crippen molar-refractivity contribution < 1.29 is 14.3 Å². The van der Waals surface area contributed by atoms with Crippen LogP contribution in [-0.4, -0.2) is 61.3 Å². The van der Waals surface area contributed by atoms with Crippen LogP contribution in [0.2, 0.25) is 0 Å². The minimum absolute atomic E-state index is 0.0454. The molecule has 1 unspecified atom stereocenters. The number of anilines is 2. The van der Waals surface area contributed by atoms with Gasteiger partial charge in [-0.1, -0.05) is 6.07 Å². The van der Waals surface area contributed by atoms with Gasteiger partial charge < -0.3 is 31.3 Å². The van der Waals surface area contributed by atoms with Crippen LogP contribution in [0, 0.1) is 5.92 Å². The Hall–Kier alpha value is -2.48. The zero-order valence-electron chi connectivity index (χ0n) is 18.3. The van der Waals surface area contributed by atoms with Crippen LogP contribution in [0.15, 0.2) is 18.2 Å². The van der Waals surface area contributed by atoms with E-state index in [0.717, 1.165) is 50.3 Å². The fourth-order valence-corrected chi connectivity index (χ4v) is 4.13. The van der Waals surface area contributed by atoms with E-state index >= 15 is 0 Å². The van der Waals surface area contributed by atoms with Crippen molar-refractivity contribution in [3.63, 3.8) is 0 Å². The SMILES string of the molecule is CC(C)(C)OC(=O)N1CCNC(Cc2ccc(N)c(N3CCC(C(N)=O)CC3)c2)C1. The Morgan fingerprint density at radius 1 is 1.20 bits per heavy atom. The lowest BCUT2D eigenvalue weighted by molar-refractivity contribution is -0.122. The summed E-state index contributed by atoms with van der Waals surface area (Å²) in [6.45, 7) is 9.19. The Bertz CT molecular complexity index is 769. The standard InChI is InChI=1S/C22H35N5O3/c1-22(2,3)30-21(29)27-11-8-25-17(14-27)12-15-4-5-18(23)19(13-15)26-9-6-16(7-10-26)20(24)28/h4-5,13,16-17,25H,6-12,14,23H2,1-3H3,(H2,24,28). The van der Waals surface area contributed by atoms with E-state index < -0.39 is 5.60 Å². The van der Waals surface area contributed by atoms with E-state index in [1.54, 1.807) is 4.90 Å². The summed E-state index contributed by atoms with van der Waals surface area (Å²) < 4.78 is 5.52. The first-order chi connectivity index (χ1) is 14.1. The maximum Gasteiger partial charge on any atom is 0.410 e. The molecule has 2 heterocycles. The normalized spacial score (nSPS) is 20.8. The highest BCUT2D eigenvalue weighted by atomic mass is 16.6. The maximum absolute atomic E-state index is 12.4. The molecule has 3 rings (SSSR count). The van der Waals surface area contributed by atoms with Gasteiger partial charge in [0.2, 0.25) is 5.91 Å². The maximum atomic E-state index is 12.4. The molecule has 30 heavy (non-hydrogen) atoms. The highest BCUT2D eigenvalue weighted by Gasteiger charge is 2.28. The number of primary amides is 1. The zero-order valence-corrected chi connectivity index (χ0v) is 18.3. The van der Waals surface area contributed by atoms with Crippen LogP contribution >= 0.6 is 0 Å². The number of hydrogen-bond donors (Lipinski definition) is 3. The number of nitrogens with two attached hydrogens (primary N) is 2. The fraction of sp³-hybridized carbons (Fsp3) is 0.636. The highest BCUT2D eigenvalue weighted by Crippen LogP contribution is 2.29. The summed E-state index contributed by atoms with van der Waals surface area (Å²) >= 11 is 0. The molecule has 1 aromatic carbocycles. The second-order valence-electron chi connectivity index (χ2n) is 9.34. The van der Waals surface area contributed by atoms with E-state index in [2.05, 4.69) is 16.3 Å². The van der Waals surface area contributed by atoms with E-state index in [9.17, 15) is 9.59 Å². The lowest BCUT2D eigenvalue weighted by Crippen LogP contribution is -2.54. The fourth-order valence-electron chi connectivity index (χ4n) is 4.13. The van der Waals surface area contributed by atoms with Crippen molar-refractivity contribution >= 4 is 23.4 Å². The largest absolute Gasteiger partial charge is 0.444 e. The number of nitrogens with one attached hydrogen (secondary N) is 1. The van der Waals surface area contributed by atoms with Gasteiger partial charge in [-0.05, 0) is 57.7 Å². The topological polar surface area (TPSA) is 114 Å². The number of ether oxygens (including phenoxy) is 1. The van der Waals surface area contributed by atoms with Crippen molar-refractivity contribution in [1.29, 1.82) is 0 Å². The molecule has 5 N–H and O–H groups in total. The number of amides is 2. The second-order valence-corrected chi connectivity index (χ2v) is 9.34. The minimum Gasteiger partial charge on any atom is -0.444 e. The number of piperidine rings is 1. The third kappa shape index (κ3) is 5.78. The van der Waals surface area contributed by atoms with Crippen molar-refractivity contribution in [3.8, 4) is 0 Å². The molecule has 8 nitrogen and oxygen atoms in total. The zero-order chi connectivity index (χ0) is 21.9. The molecule has 166 valence electrons. The van der Waals surface area contributed by atoms with Gasteiger partial charge in [0.15, 0.2) is 0 Å². The number of piperazine rings is 1. The molecule has 1 aromatic rings. The molecule has 0 aliphatic carbocycles. The molecule has 0 saturated carbocycles. The number of carbonyl (C=O) groups excluding carboxylic acids is 2. The predicted molar refractivity (Wildman–Crippen MR) is 118 cm³/mol. The van der Waals surface area contributed by atoms with Crippen LogP contribution in [0.3, 0.4) is 0 Å². The number of nitrogen functional groups attached to an aromatic ring is 1. The molecule has 0 radical (unpaired) electrons. The van der Waals surface area contributed by atoms with Crippen molar-refractivity contribution in [1.82, 2.24) is 10.2 Å². The second kappa shape index (κ2) is 9.12. The lowest BCUT2D eigenvalue weighted by Gasteiger charge is -2.35. The van der Waals surface area contributed by atoms with E-state index in [1.165, 1.54) is 5.56 Å². The van der Waals surface area contributed by atoms with Crippen LogP contribution in [0.25, 0.3) is 0 Å². The van der Waals surface area contributed by atoms with Gasteiger partial charge in [-0.2, -0.15) is 0 Å². The van der Waals surface area contributed by atoms with Crippen molar-refractivity contribution in [2.24, 2.45) is 11.7 Å². The monoisotopic (exact) mass is 417 g/mol. The van der Waals surface area contributed by atoms with Crippen LogP contribution in [0.4, 0.5) is 16.2 Å². The van der Waals surface area contributed by atoms with Gasteiger partial charge in [0, 0.05) is 44.7 Å². The Labute approximate surface area is 178 Å². The Morgan fingerprint density at radius 3 is 2.53 bits per heavy atom. The summed E-state index contributed by atoms with van der Waals surface area (Å²) in [4.78, 5) is 27.9.